The molecule has 1 fully saturated rings. The molecule has 0 bridgehead atoms. The third-order valence-electron chi connectivity index (χ3n) is 4.20. The minimum atomic E-state index is -3.65. The fraction of sp³-hybridized carbons (Fsp3) is 0.692. The van der Waals surface area contributed by atoms with Crippen LogP contribution in [0, 0.1) is 5.92 Å². The molecule has 2 rings (SSSR count). The first-order valence-corrected chi connectivity index (χ1v) is 8.91. The van der Waals surface area contributed by atoms with Crippen molar-refractivity contribution in [3.8, 4) is 5.75 Å². The van der Waals surface area contributed by atoms with Gasteiger partial charge in [0.1, 0.15) is 5.75 Å². The van der Waals surface area contributed by atoms with E-state index in [4.69, 9.17) is 4.74 Å². The van der Waals surface area contributed by atoms with Crippen molar-refractivity contribution < 1.29 is 18.3 Å². The van der Waals surface area contributed by atoms with E-state index in [0.717, 1.165) is 17.8 Å². The molecule has 1 aromatic rings. The van der Waals surface area contributed by atoms with Gasteiger partial charge in [-0.2, -0.15) is 4.31 Å². The Morgan fingerprint density at radius 2 is 2.30 bits per heavy atom. The summed E-state index contributed by atoms with van der Waals surface area (Å²) in [5, 5.41) is 11.5. The van der Waals surface area contributed by atoms with Crippen molar-refractivity contribution in [3.63, 3.8) is 0 Å². The van der Waals surface area contributed by atoms with Crippen LogP contribution in [0.3, 0.4) is 0 Å². The van der Waals surface area contributed by atoms with E-state index in [1.54, 1.807) is 18.5 Å². The Balaban J connectivity index is 2.39. The zero-order valence-corrected chi connectivity index (χ0v) is 13.6. The molecule has 1 heterocycles. The first-order valence-electron chi connectivity index (χ1n) is 6.59. The topological polar surface area (TPSA) is 66.8 Å². The number of hydrogen-bond donors (Lipinski definition) is 1. The molecule has 5 nitrogen and oxygen atoms in total. The highest BCUT2D eigenvalue weighted by Crippen LogP contribution is 2.42. The third kappa shape index (κ3) is 2.47. The number of rotatable bonds is 5. The van der Waals surface area contributed by atoms with Gasteiger partial charge in [0.2, 0.25) is 0 Å². The second-order valence-electron chi connectivity index (χ2n) is 5.48. The Kier molecular flexibility index (Phi) is 4.44. The summed E-state index contributed by atoms with van der Waals surface area (Å²) in [5.41, 5.74) is -0.687. The molecular weight excluding hydrogens is 298 g/mol. The van der Waals surface area contributed by atoms with E-state index in [1.807, 2.05) is 0 Å². The lowest BCUT2D eigenvalue weighted by Crippen LogP contribution is -2.50. The molecular formula is C13H21NO4S2. The molecule has 114 valence electrons. The van der Waals surface area contributed by atoms with Crippen molar-refractivity contribution in [3.05, 3.63) is 11.4 Å². The molecule has 0 unspecified atom stereocenters. The van der Waals surface area contributed by atoms with Gasteiger partial charge in [-0.3, -0.25) is 0 Å². The number of methoxy groups -OCH3 is 1. The lowest BCUT2D eigenvalue weighted by Gasteiger charge is -2.36. The highest BCUT2D eigenvalue weighted by molar-refractivity contribution is 7.91. The van der Waals surface area contributed by atoms with Crippen LogP contribution in [-0.4, -0.2) is 44.1 Å². The molecule has 7 heteroatoms. The second-order valence-corrected chi connectivity index (χ2v) is 8.56. The fourth-order valence-electron chi connectivity index (χ4n) is 2.90. The second kappa shape index (κ2) is 5.63. The molecule has 0 aromatic carbocycles. The minimum Gasteiger partial charge on any atom is -0.494 e. The van der Waals surface area contributed by atoms with Gasteiger partial charge in [0.05, 0.1) is 19.3 Å². The Morgan fingerprint density at radius 1 is 1.60 bits per heavy atom. The summed E-state index contributed by atoms with van der Waals surface area (Å²) in [6.45, 7) is 1.93. The van der Waals surface area contributed by atoms with Crippen molar-refractivity contribution in [2.75, 3.05) is 20.8 Å². The maximum atomic E-state index is 12.8. The number of hydrogen-bond acceptors (Lipinski definition) is 5. The first kappa shape index (κ1) is 15.8. The Morgan fingerprint density at radius 3 is 2.80 bits per heavy atom. The van der Waals surface area contributed by atoms with Crippen LogP contribution in [-0.2, 0) is 10.0 Å². The summed E-state index contributed by atoms with van der Waals surface area (Å²) < 4.78 is 32.2. The Hall–Kier alpha value is -0.630. The molecule has 0 spiro atoms. The number of ether oxygens (including phenoxy) is 1. The largest absolute Gasteiger partial charge is 0.494 e. The van der Waals surface area contributed by atoms with Gasteiger partial charge in [-0.05, 0) is 36.6 Å². The van der Waals surface area contributed by atoms with Crippen molar-refractivity contribution in [2.45, 2.75) is 35.9 Å². The van der Waals surface area contributed by atoms with E-state index in [-0.39, 0.29) is 10.8 Å². The number of nitrogens with zero attached hydrogens (tertiary/aromatic N) is 1. The smallest absolute Gasteiger partial charge is 0.256 e. The maximum Gasteiger partial charge on any atom is 0.256 e. The lowest BCUT2D eigenvalue weighted by molar-refractivity contribution is 0.108. The number of sulfonamides is 1. The van der Waals surface area contributed by atoms with Gasteiger partial charge in [0.15, 0.2) is 4.21 Å². The molecule has 1 N–H and O–H groups in total. The van der Waals surface area contributed by atoms with Gasteiger partial charge < -0.3 is 9.84 Å². The fourth-order valence-corrected chi connectivity index (χ4v) is 5.86. The predicted molar refractivity (Wildman–Crippen MR) is 78.7 cm³/mol. The maximum absolute atomic E-state index is 12.8. The van der Waals surface area contributed by atoms with Gasteiger partial charge >= 0.3 is 0 Å². The van der Waals surface area contributed by atoms with E-state index in [9.17, 15) is 13.5 Å². The normalized spacial score (nSPS) is 27.1. The average molecular weight is 319 g/mol. The van der Waals surface area contributed by atoms with Crippen LogP contribution in [0.15, 0.2) is 15.7 Å². The van der Waals surface area contributed by atoms with Crippen molar-refractivity contribution in [1.82, 2.24) is 4.31 Å². The third-order valence-corrected chi connectivity index (χ3v) is 7.59. The van der Waals surface area contributed by atoms with Crippen LogP contribution in [0.5, 0.6) is 5.75 Å². The first-order chi connectivity index (χ1) is 9.37. The summed E-state index contributed by atoms with van der Waals surface area (Å²) in [5.74, 6) is 0.783. The van der Waals surface area contributed by atoms with Crippen LogP contribution in [0.25, 0.3) is 0 Å². The SMILES string of the molecule is COc1ccsc1S(=O)(=O)N(C)[C@]1(CO)CC[C@H](C)C1. The summed E-state index contributed by atoms with van der Waals surface area (Å²) >= 11 is 1.14. The van der Waals surface area contributed by atoms with Crippen LogP contribution in [0.2, 0.25) is 0 Å². The number of likely N-dealkylation sites (N-methyl/N-ethyl adjacent to an activating group) is 1. The van der Waals surface area contributed by atoms with Gasteiger partial charge in [-0.15, -0.1) is 11.3 Å². The molecule has 1 saturated carbocycles. The van der Waals surface area contributed by atoms with Crippen molar-refractivity contribution in [2.24, 2.45) is 5.92 Å². The molecule has 20 heavy (non-hydrogen) atoms. The molecule has 1 aliphatic rings. The highest BCUT2D eigenvalue weighted by atomic mass is 32.2. The standard InChI is InChI=1S/C13H21NO4S2/c1-10-4-6-13(8-10,9-15)14(2)20(16,17)12-11(18-3)5-7-19-12/h5,7,10,15H,4,6,8-9H2,1-3H3/t10-,13+/m0/s1. The molecule has 0 radical (unpaired) electrons. The summed E-state index contributed by atoms with van der Waals surface area (Å²) in [7, 11) is -0.632. The van der Waals surface area contributed by atoms with E-state index >= 15 is 0 Å². The average Bonchev–Trinajstić information content (AvgIpc) is 3.04. The van der Waals surface area contributed by atoms with Gasteiger partial charge in [0, 0.05) is 7.05 Å². The molecule has 1 aromatic heterocycles. The lowest BCUT2D eigenvalue weighted by atomic mass is 9.98. The monoisotopic (exact) mass is 319 g/mol. The molecule has 1 aliphatic carbocycles. The van der Waals surface area contributed by atoms with E-state index < -0.39 is 15.6 Å². The zero-order valence-electron chi connectivity index (χ0n) is 12.0. The van der Waals surface area contributed by atoms with Crippen molar-refractivity contribution >= 4 is 21.4 Å². The minimum absolute atomic E-state index is 0.152. The number of thiophene rings is 1. The summed E-state index contributed by atoms with van der Waals surface area (Å²) in [6.07, 6.45) is 2.31. The van der Waals surface area contributed by atoms with Gasteiger partial charge in [-0.1, -0.05) is 6.92 Å². The molecule has 0 aliphatic heterocycles. The quantitative estimate of drug-likeness (QED) is 0.900. The zero-order chi connectivity index (χ0) is 15.0. The molecule has 0 saturated heterocycles. The van der Waals surface area contributed by atoms with Crippen LogP contribution >= 0.6 is 11.3 Å². The van der Waals surface area contributed by atoms with Crippen LogP contribution < -0.4 is 4.74 Å². The molecule has 0 amide bonds. The van der Waals surface area contributed by atoms with E-state index in [1.165, 1.54) is 11.4 Å². The van der Waals surface area contributed by atoms with E-state index in [2.05, 4.69) is 6.92 Å². The van der Waals surface area contributed by atoms with Crippen LogP contribution in [0.1, 0.15) is 26.2 Å². The highest BCUT2D eigenvalue weighted by Gasteiger charge is 2.46. The Bertz CT molecular complexity index is 569. The van der Waals surface area contributed by atoms with Gasteiger partial charge in [-0.25, -0.2) is 8.42 Å². The Labute approximate surface area is 124 Å². The summed E-state index contributed by atoms with van der Waals surface area (Å²) in [6, 6.07) is 1.65. The number of aliphatic hydroxyl groups excluding tert-OH is 1. The summed E-state index contributed by atoms with van der Waals surface area (Å²) in [4.78, 5) is 0. The number of aliphatic hydroxyl groups is 1. The molecule has 2 atom stereocenters. The van der Waals surface area contributed by atoms with E-state index in [0.29, 0.717) is 24.5 Å². The van der Waals surface area contributed by atoms with Crippen molar-refractivity contribution in [1.29, 1.82) is 0 Å². The predicted octanol–water partition coefficient (Wildman–Crippen LogP) is 1.93. The van der Waals surface area contributed by atoms with Gasteiger partial charge in [0.25, 0.3) is 10.0 Å². The van der Waals surface area contributed by atoms with Crippen LogP contribution in [0.4, 0.5) is 0 Å².